The molecular formula is C10H5ClF6O3. The van der Waals surface area contributed by atoms with Gasteiger partial charge in [0.25, 0.3) is 0 Å². The molecule has 1 rings (SSSR count). The average Bonchev–Trinajstić information content (AvgIpc) is 2.24. The maximum Gasteiger partial charge on any atom is 0.417 e. The number of carbonyl (C=O) groups is 1. The Labute approximate surface area is 112 Å². The first-order valence-corrected chi connectivity index (χ1v) is 5.12. The highest BCUT2D eigenvalue weighted by Crippen LogP contribution is 2.45. The zero-order valence-electron chi connectivity index (χ0n) is 9.18. The summed E-state index contributed by atoms with van der Waals surface area (Å²) in [5, 5.41) is 16.7. The number of halogens is 7. The molecule has 0 aromatic heterocycles. The predicted octanol–water partition coefficient (Wildman–Crippen LogP) is 3.50. The summed E-state index contributed by atoms with van der Waals surface area (Å²) in [5.74, 6) is -2.16. The second-order valence-corrected chi connectivity index (χ2v) is 4.03. The van der Waals surface area contributed by atoms with Crippen LogP contribution in [0.1, 0.15) is 22.8 Å². The third kappa shape index (κ3) is 3.15. The molecule has 0 aliphatic heterocycles. The number of rotatable bonds is 2. The topological polar surface area (TPSA) is 57.5 Å². The lowest BCUT2D eigenvalue weighted by molar-refractivity contribution is -0.164. The molecule has 2 N–H and O–H groups in total. The fourth-order valence-electron chi connectivity index (χ4n) is 1.53. The van der Waals surface area contributed by atoms with Gasteiger partial charge in [0.2, 0.25) is 0 Å². The second kappa shape index (κ2) is 5.13. The molecule has 10 heteroatoms. The molecule has 0 spiro atoms. The molecule has 0 fully saturated rings. The van der Waals surface area contributed by atoms with Crippen molar-refractivity contribution in [2.24, 2.45) is 0 Å². The molecule has 3 nitrogen and oxygen atoms in total. The van der Waals surface area contributed by atoms with Crippen LogP contribution >= 0.6 is 11.6 Å². The lowest BCUT2D eigenvalue weighted by Gasteiger charge is -2.21. The average molecular weight is 323 g/mol. The van der Waals surface area contributed by atoms with Crippen molar-refractivity contribution in [2.75, 3.05) is 0 Å². The Morgan fingerprint density at radius 3 is 1.95 bits per heavy atom. The minimum absolute atomic E-state index is 0.0726. The summed E-state index contributed by atoms with van der Waals surface area (Å²) in [6.07, 6.45) is -13.8. The van der Waals surface area contributed by atoms with E-state index in [9.17, 15) is 31.1 Å². The molecule has 0 bridgehead atoms. The van der Waals surface area contributed by atoms with Gasteiger partial charge >= 0.3 is 18.3 Å². The summed E-state index contributed by atoms with van der Waals surface area (Å²) < 4.78 is 76.1. The van der Waals surface area contributed by atoms with Gasteiger partial charge in [-0.3, -0.25) is 0 Å². The van der Waals surface area contributed by atoms with Crippen LogP contribution in [0.25, 0.3) is 0 Å². The van der Waals surface area contributed by atoms with Gasteiger partial charge in [-0.1, -0.05) is 11.6 Å². The van der Waals surface area contributed by atoms with E-state index in [-0.39, 0.29) is 6.07 Å². The third-order valence-electron chi connectivity index (χ3n) is 2.29. The van der Waals surface area contributed by atoms with E-state index >= 15 is 0 Å². The minimum Gasteiger partial charge on any atom is -0.479 e. The van der Waals surface area contributed by atoms with E-state index in [0.717, 1.165) is 0 Å². The van der Waals surface area contributed by atoms with E-state index in [1.807, 2.05) is 0 Å². The molecule has 0 aliphatic rings. The molecule has 0 radical (unpaired) electrons. The van der Waals surface area contributed by atoms with E-state index in [4.69, 9.17) is 21.8 Å². The van der Waals surface area contributed by atoms with E-state index in [1.54, 1.807) is 0 Å². The highest BCUT2D eigenvalue weighted by molar-refractivity contribution is 6.31. The number of carboxylic acid groups (broad SMARTS) is 1. The number of aliphatic hydroxyl groups is 1. The second-order valence-electron chi connectivity index (χ2n) is 3.62. The van der Waals surface area contributed by atoms with Gasteiger partial charge in [-0.25, -0.2) is 4.79 Å². The first-order chi connectivity index (χ1) is 8.87. The predicted molar refractivity (Wildman–Crippen MR) is 54.1 cm³/mol. The van der Waals surface area contributed by atoms with Gasteiger partial charge in [-0.2, -0.15) is 26.3 Å². The van der Waals surface area contributed by atoms with Gasteiger partial charge in [0.1, 0.15) is 0 Å². The van der Waals surface area contributed by atoms with Gasteiger partial charge in [-0.05, 0) is 12.1 Å². The lowest BCUT2D eigenvalue weighted by atomic mass is 9.96. The van der Waals surface area contributed by atoms with Crippen LogP contribution < -0.4 is 0 Å². The Balaban J connectivity index is 3.78. The Hall–Kier alpha value is -1.48. The maximum atomic E-state index is 12.8. The van der Waals surface area contributed by atoms with Crippen LogP contribution in [0.5, 0.6) is 0 Å². The molecule has 0 aliphatic carbocycles. The Bertz CT molecular complexity index is 537. The zero-order valence-corrected chi connectivity index (χ0v) is 9.94. The fraction of sp³-hybridized carbons (Fsp3) is 0.300. The monoisotopic (exact) mass is 322 g/mol. The minimum atomic E-state index is -5.54. The van der Waals surface area contributed by atoms with Crippen LogP contribution in [-0.2, 0) is 17.1 Å². The molecule has 20 heavy (non-hydrogen) atoms. The number of aliphatic carboxylic acids is 1. The number of aliphatic hydroxyl groups excluding tert-OH is 1. The van der Waals surface area contributed by atoms with Crippen LogP contribution in [0.2, 0.25) is 5.02 Å². The van der Waals surface area contributed by atoms with E-state index < -0.39 is 46.1 Å². The van der Waals surface area contributed by atoms with E-state index in [1.165, 1.54) is 0 Å². The van der Waals surface area contributed by atoms with E-state index in [0.29, 0.717) is 6.07 Å². The standard InChI is InChI=1S/C10H5ClF6O3/c11-4-2-1-3(9(12,13)14)6(10(15,16)17)5(4)7(18)8(19)20/h1-2,7,18H,(H,19,20). The summed E-state index contributed by atoms with van der Waals surface area (Å²) in [4.78, 5) is 10.5. The number of carboxylic acids is 1. The summed E-state index contributed by atoms with van der Waals surface area (Å²) in [5.41, 5.74) is -5.97. The SMILES string of the molecule is O=C(O)C(O)c1c(Cl)ccc(C(F)(F)F)c1C(F)(F)F. The van der Waals surface area contributed by atoms with Crippen molar-refractivity contribution in [3.05, 3.63) is 33.8 Å². The molecule has 112 valence electrons. The van der Waals surface area contributed by atoms with Gasteiger partial charge in [-0.15, -0.1) is 0 Å². The van der Waals surface area contributed by atoms with Gasteiger partial charge in [0, 0.05) is 10.6 Å². The van der Waals surface area contributed by atoms with Crippen LogP contribution in [0.4, 0.5) is 26.3 Å². The van der Waals surface area contributed by atoms with Crippen molar-refractivity contribution in [3.8, 4) is 0 Å². The molecular weight excluding hydrogens is 318 g/mol. The normalized spacial score (nSPS) is 14.2. The highest BCUT2D eigenvalue weighted by Gasteiger charge is 2.47. The van der Waals surface area contributed by atoms with Gasteiger partial charge in [0.15, 0.2) is 6.10 Å². The number of benzene rings is 1. The van der Waals surface area contributed by atoms with Crippen molar-refractivity contribution >= 4 is 17.6 Å². The van der Waals surface area contributed by atoms with Crippen LogP contribution in [-0.4, -0.2) is 16.2 Å². The maximum absolute atomic E-state index is 12.8. The first kappa shape index (κ1) is 16.6. The molecule has 0 saturated heterocycles. The Morgan fingerprint density at radius 2 is 1.60 bits per heavy atom. The quantitative estimate of drug-likeness (QED) is 0.819. The summed E-state index contributed by atoms with van der Waals surface area (Å²) in [6, 6.07) is 0.518. The molecule has 1 aromatic carbocycles. The highest BCUT2D eigenvalue weighted by atomic mass is 35.5. The van der Waals surface area contributed by atoms with Crippen LogP contribution in [0.15, 0.2) is 12.1 Å². The van der Waals surface area contributed by atoms with Crippen molar-refractivity contribution in [1.29, 1.82) is 0 Å². The molecule has 0 heterocycles. The lowest BCUT2D eigenvalue weighted by Crippen LogP contribution is -2.23. The summed E-state index contributed by atoms with van der Waals surface area (Å²) >= 11 is 5.31. The number of alkyl halides is 6. The smallest absolute Gasteiger partial charge is 0.417 e. The van der Waals surface area contributed by atoms with Crippen molar-refractivity contribution in [2.45, 2.75) is 18.5 Å². The molecule has 0 amide bonds. The summed E-state index contributed by atoms with van der Waals surface area (Å²) in [7, 11) is 0. The Kier molecular flexibility index (Phi) is 4.25. The van der Waals surface area contributed by atoms with Crippen molar-refractivity contribution in [1.82, 2.24) is 0 Å². The zero-order chi connectivity index (χ0) is 15.9. The first-order valence-electron chi connectivity index (χ1n) is 4.75. The third-order valence-corrected chi connectivity index (χ3v) is 2.62. The van der Waals surface area contributed by atoms with Crippen LogP contribution in [0, 0.1) is 0 Å². The molecule has 1 unspecified atom stereocenters. The molecule has 0 saturated carbocycles. The van der Waals surface area contributed by atoms with Crippen molar-refractivity contribution in [3.63, 3.8) is 0 Å². The molecule has 1 aromatic rings. The Morgan fingerprint density at radius 1 is 1.10 bits per heavy atom. The van der Waals surface area contributed by atoms with E-state index in [2.05, 4.69) is 0 Å². The van der Waals surface area contributed by atoms with Crippen molar-refractivity contribution < 1.29 is 41.4 Å². The van der Waals surface area contributed by atoms with Gasteiger partial charge in [0.05, 0.1) is 11.1 Å². The largest absolute Gasteiger partial charge is 0.479 e. The van der Waals surface area contributed by atoms with Gasteiger partial charge < -0.3 is 10.2 Å². The molecule has 1 atom stereocenters. The fourth-order valence-corrected chi connectivity index (χ4v) is 1.79. The number of hydrogen-bond acceptors (Lipinski definition) is 2. The van der Waals surface area contributed by atoms with Crippen LogP contribution in [0.3, 0.4) is 0 Å². The summed E-state index contributed by atoms with van der Waals surface area (Å²) in [6.45, 7) is 0. The number of hydrogen-bond donors (Lipinski definition) is 2.